The second kappa shape index (κ2) is 4.57. The van der Waals surface area contributed by atoms with E-state index in [-0.39, 0.29) is 6.23 Å². The minimum absolute atomic E-state index is 0.161. The van der Waals surface area contributed by atoms with Crippen molar-refractivity contribution >= 4 is 0 Å². The average Bonchev–Trinajstić information content (AvgIpc) is 2.65. The molecule has 2 aliphatic heterocycles. The number of aliphatic hydroxyl groups is 1. The summed E-state index contributed by atoms with van der Waals surface area (Å²) in [5, 5.41) is 16.5. The summed E-state index contributed by atoms with van der Waals surface area (Å²) in [5.74, 6) is 0. The van der Waals surface area contributed by atoms with Crippen molar-refractivity contribution in [1.82, 2.24) is 10.6 Å². The van der Waals surface area contributed by atoms with Gasteiger partial charge in [-0.25, -0.2) is 0 Å². The van der Waals surface area contributed by atoms with E-state index in [9.17, 15) is 5.11 Å². The van der Waals surface area contributed by atoms with Crippen LogP contribution in [0, 0.1) is 0 Å². The van der Waals surface area contributed by atoms with E-state index < -0.39 is 5.60 Å². The minimum atomic E-state index is -0.555. The van der Waals surface area contributed by atoms with E-state index in [1.54, 1.807) is 0 Å². The summed E-state index contributed by atoms with van der Waals surface area (Å²) < 4.78 is 5.54. The molecule has 2 saturated heterocycles. The van der Waals surface area contributed by atoms with Crippen LogP contribution < -0.4 is 10.6 Å². The molecule has 14 heavy (non-hydrogen) atoms. The van der Waals surface area contributed by atoms with Gasteiger partial charge < -0.3 is 15.2 Å². The van der Waals surface area contributed by atoms with Gasteiger partial charge >= 0.3 is 0 Å². The fourth-order valence-corrected chi connectivity index (χ4v) is 2.09. The van der Waals surface area contributed by atoms with E-state index >= 15 is 0 Å². The highest BCUT2D eigenvalue weighted by atomic mass is 16.5. The highest BCUT2D eigenvalue weighted by molar-refractivity contribution is 4.90. The Balaban J connectivity index is 1.70. The molecular weight excluding hydrogens is 180 g/mol. The Morgan fingerprint density at radius 1 is 1.50 bits per heavy atom. The normalized spacial score (nSPS) is 38.8. The summed E-state index contributed by atoms with van der Waals surface area (Å²) >= 11 is 0. The Kier molecular flexibility index (Phi) is 3.38. The van der Waals surface area contributed by atoms with E-state index in [1.807, 2.05) is 0 Å². The fourth-order valence-electron chi connectivity index (χ4n) is 2.09. The van der Waals surface area contributed by atoms with E-state index in [0.717, 1.165) is 26.0 Å². The zero-order valence-electron chi connectivity index (χ0n) is 8.59. The zero-order chi connectivity index (χ0) is 9.86. The predicted molar refractivity (Wildman–Crippen MR) is 54.0 cm³/mol. The van der Waals surface area contributed by atoms with Gasteiger partial charge in [-0.2, -0.15) is 0 Å². The highest BCUT2D eigenvalue weighted by Crippen LogP contribution is 2.15. The Bertz CT molecular complexity index is 175. The predicted octanol–water partition coefficient (Wildman–Crippen LogP) is -0.173. The summed E-state index contributed by atoms with van der Waals surface area (Å²) in [6.07, 6.45) is 4.47. The molecule has 4 nitrogen and oxygen atoms in total. The summed E-state index contributed by atoms with van der Waals surface area (Å²) in [5.41, 5.74) is -0.555. The van der Waals surface area contributed by atoms with Crippen LogP contribution in [0.2, 0.25) is 0 Å². The van der Waals surface area contributed by atoms with E-state index in [0.29, 0.717) is 13.1 Å². The third-order valence-corrected chi connectivity index (χ3v) is 3.06. The number of β-amino-alcohol motifs (C(OH)–C–C–N with tert-alkyl or cyclic N) is 1. The third kappa shape index (κ3) is 2.67. The van der Waals surface area contributed by atoms with Crippen molar-refractivity contribution in [3.63, 3.8) is 0 Å². The molecule has 0 amide bonds. The Labute approximate surface area is 85.0 Å². The van der Waals surface area contributed by atoms with Gasteiger partial charge in [-0.1, -0.05) is 0 Å². The molecule has 82 valence electrons. The molecule has 0 bridgehead atoms. The van der Waals surface area contributed by atoms with Gasteiger partial charge in [-0.3, -0.25) is 5.32 Å². The first-order valence-electron chi connectivity index (χ1n) is 5.57. The largest absolute Gasteiger partial charge is 0.387 e. The van der Waals surface area contributed by atoms with Crippen LogP contribution in [0.1, 0.15) is 25.7 Å². The second-order valence-corrected chi connectivity index (χ2v) is 4.39. The van der Waals surface area contributed by atoms with Crippen molar-refractivity contribution in [3.05, 3.63) is 0 Å². The number of hydrogen-bond acceptors (Lipinski definition) is 4. The molecule has 4 heteroatoms. The lowest BCUT2D eigenvalue weighted by Gasteiger charge is -2.28. The van der Waals surface area contributed by atoms with Gasteiger partial charge in [0, 0.05) is 19.7 Å². The molecule has 0 saturated carbocycles. The lowest BCUT2D eigenvalue weighted by Crippen LogP contribution is -2.47. The number of rotatable bonds is 3. The summed E-state index contributed by atoms with van der Waals surface area (Å²) in [6, 6.07) is 0. The van der Waals surface area contributed by atoms with Crippen LogP contribution in [0.4, 0.5) is 0 Å². The van der Waals surface area contributed by atoms with Gasteiger partial charge in [0.25, 0.3) is 0 Å². The average molecular weight is 200 g/mol. The molecule has 0 radical (unpaired) electrons. The van der Waals surface area contributed by atoms with Crippen molar-refractivity contribution in [3.8, 4) is 0 Å². The lowest BCUT2D eigenvalue weighted by atomic mass is 10.0. The topological polar surface area (TPSA) is 53.5 Å². The third-order valence-electron chi connectivity index (χ3n) is 3.06. The molecule has 2 aliphatic rings. The number of ether oxygens (including phenoxy) is 1. The maximum absolute atomic E-state index is 10.0. The van der Waals surface area contributed by atoms with Gasteiger partial charge in [0.2, 0.25) is 0 Å². The van der Waals surface area contributed by atoms with Crippen LogP contribution in [0.5, 0.6) is 0 Å². The molecule has 0 spiro atoms. The molecular formula is C10H20N2O2. The summed E-state index contributed by atoms with van der Waals surface area (Å²) in [4.78, 5) is 0. The quantitative estimate of drug-likeness (QED) is 0.592. The summed E-state index contributed by atoms with van der Waals surface area (Å²) in [7, 11) is 0. The molecule has 0 aliphatic carbocycles. The van der Waals surface area contributed by atoms with Crippen LogP contribution in [-0.2, 0) is 4.74 Å². The Hall–Kier alpha value is -0.160. The van der Waals surface area contributed by atoms with Crippen LogP contribution >= 0.6 is 0 Å². The second-order valence-electron chi connectivity index (χ2n) is 4.39. The van der Waals surface area contributed by atoms with Crippen molar-refractivity contribution in [2.45, 2.75) is 37.5 Å². The van der Waals surface area contributed by atoms with Crippen molar-refractivity contribution < 1.29 is 9.84 Å². The maximum Gasteiger partial charge on any atom is 0.108 e. The van der Waals surface area contributed by atoms with Crippen molar-refractivity contribution in [2.75, 3.05) is 26.2 Å². The van der Waals surface area contributed by atoms with Crippen LogP contribution in [0.3, 0.4) is 0 Å². The Morgan fingerprint density at radius 2 is 2.43 bits per heavy atom. The molecule has 2 rings (SSSR count). The van der Waals surface area contributed by atoms with Crippen molar-refractivity contribution in [1.29, 1.82) is 0 Å². The first kappa shape index (κ1) is 10.4. The SMILES string of the molecule is OC1(CNC2CCCCO2)CCNC1. The molecule has 2 heterocycles. The van der Waals surface area contributed by atoms with E-state index in [4.69, 9.17) is 4.74 Å². The van der Waals surface area contributed by atoms with E-state index in [2.05, 4.69) is 10.6 Å². The first-order valence-corrected chi connectivity index (χ1v) is 5.57. The number of nitrogens with one attached hydrogen (secondary N) is 2. The van der Waals surface area contributed by atoms with Crippen LogP contribution in [0.15, 0.2) is 0 Å². The minimum Gasteiger partial charge on any atom is -0.387 e. The van der Waals surface area contributed by atoms with Crippen LogP contribution in [0.25, 0.3) is 0 Å². The fraction of sp³-hybridized carbons (Fsp3) is 1.00. The van der Waals surface area contributed by atoms with Crippen molar-refractivity contribution in [2.24, 2.45) is 0 Å². The van der Waals surface area contributed by atoms with Gasteiger partial charge in [0.1, 0.15) is 6.23 Å². The highest BCUT2D eigenvalue weighted by Gasteiger charge is 2.31. The molecule has 2 atom stereocenters. The van der Waals surface area contributed by atoms with Gasteiger partial charge in [-0.05, 0) is 32.2 Å². The molecule has 2 unspecified atom stereocenters. The first-order chi connectivity index (χ1) is 6.79. The van der Waals surface area contributed by atoms with Gasteiger partial charge in [0.05, 0.1) is 5.60 Å². The monoisotopic (exact) mass is 200 g/mol. The smallest absolute Gasteiger partial charge is 0.108 e. The molecule has 3 N–H and O–H groups in total. The molecule has 0 aromatic heterocycles. The molecule has 0 aromatic rings. The Morgan fingerprint density at radius 3 is 3.07 bits per heavy atom. The van der Waals surface area contributed by atoms with Gasteiger partial charge in [0.15, 0.2) is 0 Å². The number of hydrogen-bond donors (Lipinski definition) is 3. The van der Waals surface area contributed by atoms with E-state index in [1.165, 1.54) is 12.8 Å². The maximum atomic E-state index is 10.0. The lowest BCUT2D eigenvalue weighted by molar-refractivity contribution is -0.0254. The standard InChI is InChI=1S/C10H20N2O2/c13-10(4-5-11-7-10)8-12-9-3-1-2-6-14-9/h9,11-13H,1-8H2. The van der Waals surface area contributed by atoms with Gasteiger partial charge in [-0.15, -0.1) is 0 Å². The summed E-state index contributed by atoms with van der Waals surface area (Å²) in [6.45, 7) is 3.12. The van der Waals surface area contributed by atoms with Crippen LogP contribution in [-0.4, -0.2) is 43.2 Å². The molecule has 0 aromatic carbocycles. The zero-order valence-corrected chi connectivity index (χ0v) is 8.59. The molecule has 2 fully saturated rings.